The largest absolute Gasteiger partial charge is 0.358 e. The summed E-state index contributed by atoms with van der Waals surface area (Å²) in [5.41, 5.74) is 29.8. The summed E-state index contributed by atoms with van der Waals surface area (Å²) in [6, 6.07) is 31.5. The van der Waals surface area contributed by atoms with Crippen molar-refractivity contribution < 1.29 is 8.78 Å². The predicted molar refractivity (Wildman–Crippen MR) is 357 cm³/mol. The molecular formula is C74H79BrF2N8. The molecule has 15 rings (SSSR count). The molecule has 0 fully saturated rings. The molecule has 11 heteroatoms. The summed E-state index contributed by atoms with van der Waals surface area (Å²) >= 11 is 3.64. The van der Waals surface area contributed by atoms with Gasteiger partial charge in [-0.15, -0.1) is 0 Å². The van der Waals surface area contributed by atoms with Gasteiger partial charge >= 0.3 is 0 Å². The highest BCUT2D eigenvalue weighted by molar-refractivity contribution is 9.10. The number of nitrogens with one attached hydrogen (secondary N) is 2. The molecule has 8 nitrogen and oxygen atoms in total. The quantitative estimate of drug-likeness (QED) is 0.174. The topological polar surface area (TPSA) is 54.4 Å². The molecule has 9 heterocycles. The minimum absolute atomic E-state index is 0.180. The predicted octanol–water partition coefficient (Wildman–Crippen LogP) is 16.4. The van der Waals surface area contributed by atoms with E-state index in [1.807, 2.05) is 36.4 Å². The Kier molecular flexibility index (Phi) is 16.3. The van der Waals surface area contributed by atoms with Gasteiger partial charge in [0.1, 0.15) is 11.6 Å². The Morgan fingerprint density at radius 3 is 1.60 bits per heavy atom. The van der Waals surface area contributed by atoms with Gasteiger partial charge in [0.25, 0.3) is 0 Å². The summed E-state index contributed by atoms with van der Waals surface area (Å²) in [4.78, 5) is 16.7. The Morgan fingerprint density at radius 2 is 1.00 bits per heavy atom. The maximum atomic E-state index is 13.3. The van der Waals surface area contributed by atoms with Crippen LogP contribution in [0.3, 0.4) is 0 Å². The van der Waals surface area contributed by atoms with Crippen LogP contribution in [0.25, 0.3) is 73.0 Å². The molecule has 0 atom stereocenters. The number of hydrogen-bond donors (Lipinski definition) is 2. The van der Waals surface area contributed by atoms with E-state index in [0.29, 0.717) is 6.54 Å². The van der Waals surface area contributed by atoms with Crippen molar-refractivity contribution in [1.29, 1.82) is 0 Å². The number of aromatic nitrogens is 4. The van der Waals surface area contributed by atoms with Crippen molar-refractivity contribution in [1.82, 2.24) is 38.7 Å². The zero-order valence-electron chi connectivity index (χ0n) is 50.8. The molecule has 0 radical (unpaired) electrons. The van der Waals surface area contributed by atoms with E-state index < -0.39 is 0 Å². The minimum Gasteiger partial charge on any atom is -0.358 e. The fourth-order valence-electron chi connectivity index (χ4n) is 14.0. The van der Waals surface area contributed by atoms with Gasteiger partial charge in [-0.05, 0) is 234 Å². The average molecular weight is 1200 g/mol. The second-order valence-corrected chi connectivity index (χ2v) is 25.6. The van der Waals surface area contributed by atoms with Crippen molar-refractivity contribution in [2.75, 3.05) is 54.4 Å². The number of halogens is 3. The molecule has 5 aliphatic heterocycles. The van der Waals surface area contributed by atoms with Gasteiger partial charge in [0, 0.05) is 140 Å². The number of fused-ring (bicyclic) bond motifs is 12. The first kappa shape index (κ1) is 58.0. The number of benzene rings is 6. The number of H-pyrrole nitrogens is 2. The van der Waals surface area contributed by atoms with Crippen molar-refractivity contribution in [3.05, 3.63) is 228 Å². The summed E-state index contributed by atoms with van der Waals surface area (Å²) in [6.45, 7) is 31.0. The first-order valence-corrected chi connectivity index (χ1v) is 30.8. The van der Waals surface area contributed by atoms with Crippen molar-refractivity contribution in [2.24, 2.45) is 0 Å². The van der Waals surface area contributed by atoms with Crippen molar-refractivity contribution in [3.63, 3.8) is 0 Å². The van der Waals surface area contributed by atoms with Gasteiger partial charge in [-0.1, -0.05) is 56.2 Å². The van der Waals surface area contributed by atoms with Crippen LogP contribution in [0, 0.1) is 39.3 Å². The molecule has 0 unspecified atom stereocenters. The lowest BCUT2D eigenvalue weighted by molar-refractivity contribution is 0.310. The summed E-state index contributed by atoms with van der Waals surface area (Å²) in [5, 5.41) is 5.49. The van der Waals surface area contributed by atoms with Crippen LogP contribution < -0.4 is 0 Å². The number of nitrogens with zero attached hydrogens (tertiary/aromatic N) is 6. The number of rotatable bonds is 6. The molecule has 0 amide bonds. The number of aryl methyl sites for hydroxylation is 4. The summed E-state index contributed by atoms with van der Waals surface area (Å²) in [6.07, 6.45) is 10.5. The third-order valence-electron chi connectivity index (χ3n) is 18.2. The molecule has 6 aromatic carbocycles. The number of allylic oxidation sites excluding steroid dienone is 2. The normalized spacial score (nSPS) is 15.9. The molecule has 4 aromatic heterocycles. The molecule has 2 N–H and O–H groups in total. The van der Waals surface area contributed by atoms with Gasteiger partial charge in [0.2, 0.25) is 0 Å². The molecular weight excluding hydrogens is 1120 g/mol. The van der Waals surface area contributed by atoms with E-state index in [2.05, 4.69) is 185 Å². The highest BCUT2D eigenvalue weighted by Gasteiger charge is 2.28. The monoisotopic (exact) mass is 1200 g/mol. The zero-order chi connectivity index (χ0) is 59.5. The third kappa shape index (κ3) is 11.5. The van der Waals surface area contributed by atoms with Gasteiger partial charge in [-0.2, -0.15) is 0 Å². The Hall–Kier alpha value is -7.38. The fraction of sp³-hybridized carbons (Fsp3) is 0.297. The van der Waals surface area contributed by atoms with Crippen molar-refractivity contribution >= 4 is 88.9 Å². The lowest BCUT2D eigenvalue weighted by Crippen LogP contribution is -2.27. The van der Waals surface area contributed by atoms with Crippen LogP contribution in [0.4, 0.5) is 8.78 Å². The molecule has 0 saturated heterocycles. The van der Waals surface area contributed by atoms with E-state index in [1.165, 1.54) is 144 Å². The Morgan fingerprint density at radius 1 is 0.529 bits per heavy atom. The molecule has 0 aliphatic carbocycles. The second kappa shape index (κ2) is 23.8. The molecule has 10 aromatic rings. The van der Waals surface area contributed by atoms with Gasteiger partial charge in [0.05, 0.1) is 22.1 Å². The smallest absolute Gasteiger partial charge is 0.123 e. The summed E-state index contributed by atoms with van der Waals surface area (Å²) in [7, 11) is 8.75. The number of aromatic amines is 2. The Bertz CT molecular complexity index is 4300. The van der Waals surface area contributed by atoms with E-state index in [0.717, 1.165) is 107 Å². The molecule has 436 valence electrons. The van der Waals surface area contributed by atoms with Crippen molar-refractivity contribution in [3.8, 4) is 0 Å². The highest BCUT2D eigenvalue weighted by atomic mass is 79.9. The minimum atomic E-state index is -0.220. The lowest BCUT2D eigenvalue weighted by Gasteiger charge is -2.25. The van der Waals surface area contributed by atoms with E-state index in [4.69, 9.17) is 0 Å². The van der Waals surface area contributed by atoms with Crippen LogP contribution in [0.1, 0.15) is 95.1 Å². The van der Waals surface area contributed by atoms with Crippen LogP contribution in [0.2, 0.25) is 0 Å². The first-order chi connectivity index (χ1) is 40.9. The van der Waals surface area contributed by atoms with E-state index in [9.17, 15) is 8.78 Å². The van der Waals surface area contributed by atoms with Crippen LogP contribution in [0.15, 0.2) is 121 Å². The van der Waals surface area contributed by atoms with Crippen LogP contribution >= 0.6 is 15.9 Å². The lowest BCUT2D eigenvalue weighted by atomic mass is 9.97. The van der Waals surface area contributed by atoms with E-state index >= 15 is 0 Å². The zero-order valence-corrected chi connectivity index (χ0v) is 52.4. The molecule has 0 saturated carbocycles. The van der Waals surface area contributed by atoms with Gasteiger partial charge in [0.15, 0.2) is 0 Å². The van der Waals surface area contributed by atoms with E-state index in [1.54, 1.807) is 12.1 Å². The fourth-order valence-corrected chi connectivity index (χ4v) is 14.6. The average Bonchev–Trinajstić information content (AvgIpc) is 2.08. The van der Waals surface area contributed by atoms with Crippen LogP contribution in [0.5, 0.6) is 0 Å². The van der Waals surface area contributed by atoms with Gasteiger partial charge in [-0.3, -0.25) is 0 Å². The van der Waals surface area contributed by atoms with Gasteiger partial charge < -0.3 is 38.7 Å². The molecule has 0 spiro atoms. The first-order valence-electron chi connectivity index (χ1n) is 30.0. The second-order valence-electron chi connectivity index (χ2n) is 24.8. The molecule has 0 bridgehead atoms. The molecule has 5 aliphatic rings. The van der Waals surface area contributed by atoms with Crippen LogP contribution in [-0.4, -0.2) is 93.1 Å². The maximum absolute atomic E-state index is 13.3. The van der Waals surface area contributed by atoms with Crippen LogP contribution in [-0.2, 0) is 65.0 Å². The third-order valence-corrected chi connectivity index (χ3v) is 18.8. The maximum Gasteiger partial charge on any atom is 0.123 e. The number of hydrogen-bond acceptors (Lipinski definition) is 4. The number of likely N-dealkylation sites (N-methyl/N-ethyl adjacent to an activating group) is 4. The SMILES string of the molecule is C=Cc1cc(C)cc2c3c([nH]c12)CCN(C)C3.C=Cc1cc(C)cc2c3c(n(CC(=C)c4ccc(F)cc4)c12)CCN(C)C3.Cc1cc(Br)c2[nH]c3c(c2c1)CN(C)CC3.Cc1cc2c3c(c1)c1c(n3CC(c3ccc(F)cc3)=C2)CCN(C)C1. The molecule has 85 heavy (non-hydrogen) atoms. The standard InChI is InChI=1S/C24H25FN2.C22H21FN2.C15H18N2.C13H15BrN2/c1-5-18-12-16(2)13-21-22-15-26(4)11-10-23(22)27(24(18)21)14-17(3)19-6-8-20(25)9-7-19;1-14-9-16-11-17(15-3-5-18(23)6-4-15)12-25-21-7-8-24(2)13-20(21)19(10-14)22(16)25;1-4-11-7-10(2)8-12-13-9-17(3)6-5-14(13)16-15(11)12;1-8-5-9-10-7-16(2)4-3-12(10)15-13(9)11(14)6-8/h5-9,12-13H,1,3,10-11,14-15H2,2,4H3;3-6,9-11H,7-8,12-13H2,1-2H3;4,7-8,16H,1,5-6,9H2,2-3H3;5-6,15H,3-4,7H2,1-2H3. The Labute approximate surface area is 508 Å². The highest BCUT2D eigenvalue weighted by Crippen LogP contribution is 2.41. The van der Waals surface area contributed by atoms with Gasteiger partial charge in [-0.25, -0.2) is 8.78 Å². The van der Waals surface area contributed by atoms with Crippen molar-refractivity contribution in [2.45, 2.75) is 92.6 Å². The van der Waals surface area contributed by atoms with E-state index in [-0.39, 0.29) is 11.6 Å². The summed E-state index contributed by atoms with van der Waals surface area (Å²) in [5.74, 6) is -0.400. The Balaban J connectivity index is 0.000000114. The summed E-state index contributed by atoms with van der Waals surface area (Å²) < 4.78 is 32.7.